The van der Waals surface area contributed by atoms with Crippen molar-refractivity contribution in [2.75, 3.05) is 0 Å². The second-order valence-corrected chi connectivity index (χ2v) is 4.07. The molecule has 0 N–H and O–H groups in total. The van der Waals surface area contributed by atoms with Gasteiger partial charge in [-0.3, -0.25) is 4.79 Å². The van der Waals surface area contributed by atoms with Crippen molar-refractivity contribution in [3.8, 4) is 0 Å². The molecule has 2 aromatic rings. The van der Waals surface area contributed by atoms with Gasteiger partial charge in [0.15, 0.2) is 0 Å². The van der Waals surface area contributed by atoms with Crippen molar-refractivity contribution in [3.63, 3.8) is 0 Å². The molecule has 0 amide bonds. The van der Waals surface area contributed by atoms with E-state index in [2.05, 4.69) is 9.97 Å². The molecule has 0 saturated heterocycles. The molecule has 0 bridgehead atoms. The molecule has 0 aliphatic rings. The van der Waals surface area contributed by atoms with Crippen LogP contribution in [-0.4, -0.2) is 15.8 Å². The van der Waals surface area contributed by atoms with E-state index < -0.39 is 0 Å². The number of nitrogens with zero attached hydrogens (tertiary/aromatic N) is 2. The van der Waals surface area contributed by atoms with Gasteiger partial charge < -0.3 is 0 Å². The van der Waals surface area contributed by atoms with E-state index in [1.165, 1.54) is 0 Å². The molecule has 1 heterocycles. The third-order valence-corrected chi connectivity index (χ3v) is 2.86. The van der Waals surface area contributed by atoms with Crippen LogP contribution < -0.4 is 0 Å². The van der Waals surface area contributed by atoms with Gasteiger partial charge in [-0.2, -0.15) is 0 Å². The molecule has 0 radical (unpaired) electrons. The van der Waals surface area contributed by atoms with E-state index in [0.717, 1.165) is 11.1 Å². The normalized spacial score (nSPS) is 10.3. The second-order valence-electron chi connectivity index (χ2n) is 4.07. The van der Waals surface area contributed by atoms with Crippen molar-refractivity contribution < 1.29 is 4.79 Å². The maximum atomic E-state index is 12.3. The van der Waals surface area contributed by atoms with Gasteiger partial charge in [-0.15, -0.1) is 0 Å². The quantitative estimate of drug-likeness (QED) is 0.739. The number of ketones is 1. The molecule has 0 aliphatic heterocycles. The Bertz CT molecular complexity index is 576. The molecule has 17 heavy (non-hydrogen) atoms. The van der Waals surface area contributed by atoms with Crippen molar-refractivity contribution in [2.45, 2.75) is 20.8 Å². The highest BCUT2D eigenvalue weighted by molar-refractivity contribution is 6.08. The first-order valence-electron chi connectivity index (χ1n) is 5.50. The van der Waals surface area contributed by atoms with Gasteiger partial charge in [0.2, 0.25) is 5.78 Å². The largest absolute Gasteiger partial charge is 0.287 e. The molecular weight excluding hydrogens is 212 g/mol. The first-order valence-corrected chi connectivity index (χ1v) is 5.50. The summed E-state index contributed by atoms with van der Waals surface area (Å²) < 4.78 is 0. The minimum Gasteiger partial charge on any atom is -0.287 e. The number of rotatable bonds is 2. The lowest BCUT2D eigenvalue weighted by atomic mass is 9.98. The van der Waals surface area contributed by atoms with Gasteiger partial charge in [0.25, 0.3) is 0 Å². The van der Waals surface area contributed by atoms with E-state index in [1.807, 2.05) is 32.0 Å². The Morgan fingerprint density at radius 2 is 1.88 bits per heavy atom. The Morgan fingerprint density at radius 3 is 2.59 bits per heavy atom. The smallest absolute Gasteiger partial charge is 0.211 e. The summed E-state index contributed by atoms with van der Waals surface area (Å²) in [5.74, 6) is 0.567. The topological polar surface area (TPSA) is 42.9 Å². The maximum absolute atomic E-state index is 12.3. The number of aromatic nitrogens is 2. The molecule has 3 heteroatoms. The van der Waals surface area contributed by atoms with E-state index in [0.29, 0.717) is 17.1 Å². The fourth-order valence-corrected chi connectivity index (χ4v) is 1.72. The molecule has 0 saturated carbocycles. The van der Waals surface area contributed by atoms with E-state index in [4.69, 9.17) is 0 Å². The summed E-state index contributed by atoms with van der Waals surface area (Å²) in [6, 6.07) is 7.38. The molecule has 1 aromatic heterocycles. The van der Waals surface area contributed by atoms with Crippen LogP contribution in [0, 0.1) is 20.8 Å². The standard InChI is InChI=1S/C14H14N2O/c1-9-5-4-6-12(10(9)2)14(17)13-7-8-15-11(3)16-13/h4-8H,1-3H3. The predicted molar refractivity (Wildman–Crippen MR) is 66.1 cm³/mol. The molecule has 86 valence electrons. The molecule has 0 atom stereocenters. The van der Waals surface area contributed by atoms with Crippen LogP contribution in [0.5, 0.6) is 0 Å². The van der Waals surface area contributed by atoms with Gasteiger partial charge in [0.1, 0.15) is 11.5 Å². The van der Waals surface area contributed by atoms with Gasteiger partial charge >= 0.3 is 0 Å². The molecule has 3 nitrogen and oxygen atoms in total. The minimum atomic E-state index is -0.0447. The van der Waals surface area contributed by atoms with Crippen molar-refractivity contribution in [1.29, 1.82) is 0 Å². The molecule has 2 rings (SSSR count). The molecular formula is C14H14N2O. The SMILES string of the molecule is Cc1nccc(C(=O)c2cccc(C)c2C)n1. The molecule has 0 unspecified atom stereocenters. The summed E-state index contributed by atoms with van der Waals surface area (Å²) in [6.45, 7) is 5.73. The van der Waals surface area contributed by atoms with Crippen LogP contribution in [-0.2, 0) is 0 Å². The Kier molecular flexibility index (Phi) is 3.00. The summed E-state index contributed by atoms with van der Waals surface area (Å²) >= 11 is 0. The van der Waals surface area contributed by atoms with Gasteiger partial charge in [-0.1, -0.05) is 18.2 Å². The summed E-state index contributed by atoms with van der Waals surface area (Å²) in [4.78, 5) is 20.4. The van der Waals surface area contributed by atoms with Gasteiger partial charge in [-0.25, -0.2) is 9.97 Å². The molecule has 1 aromatic carbocycles. The Labute approximate surface area is 101 Å². The fourth-order valence-electron chi connectivity index (χ4n) is 1.72. The Hall–Kier alpha value is -2.03. The first-order chi connectivity index (χ1) is 8.09. The lowest BCUT2D eigenvalue weighted by Gasteiger charge is -2.07. The van der Waals surface area contributed by atoms with Crippen LogP contribution in [0.15, 0.2) is 30.5 Å². The van der Waals surface area contributed by atoms with Crippen molar-refractivity contribution in [1.82, 2.24) is 9.97 Å². The van der Waals surface area contributed by atoms with Crippen LogP contribution in [0.4, 0.5) is 0 Å². The molecule has 0 fully saturated rings. The lowest BCUT2D eigenvalue weighted by molar-refractivity contribution is 0.103. The summed E-state index contributed by atoms with van der Waals surface area (Å²) in [7, 11) is 0. The van der Waals surface area contributed by atoms with Gasteiger partial charge in [0.05, 0.1) is 0 Å². The van der Waals surface area contributed by atoms with E-state index in [-0.39, 0.29) is 5.78 Å². The van der Waals surface area contributed by atoms with Crippen LogP contribution in [0.25, 0.3) is 0 Å². The molecule has 0 spiro atoms. The zero-order valence-corrected chi connectivity index (χ0v) is 10.2. The number of aryl methyl sites for hydroxylation is 2. The average molecular weight is 226 g/mol. The summed E-state index contributed by atoms with van der Waals surface area (Å²) in [5, 5.41) is 0. The van der Waals surface area contributed by atoms with Crippen LogP contribution in [0.3, 0.4) is 0 Å². The monoisotopic (exact) mass is 226 g/mol. The average Bonchev–Trinajstić information content (AvgIpc) is 2.32. The van der Waals surface area contributed by atoms with Gasteiger partial charge in [-0.05, 0) is 38.0 Å². The maximum Gasteiger partial charge on any atom is 0.211 e. The number of hydrogen-bond acceptors (Lipinski definition) is 3. The zero-order valence-electron chi connectivity index (χ0n) is 10.2. The summed E-state index contributed by atoms with van der Waals surface area (Å²) in [5.41, 5.74) is 3.28. The Morgan fingerprint density at radius 1 is 1.12 bits per heavy atom. The van der Waals surface area contributed by atoms with Crippen LogP contribution in [0.2, 0.25) is 0 Å². The van der Waals surface area contributed by atoms with E-state index in [9.17, 15) is 4.79 Å². The minimum absolute atomic E-state index is 0.0447. The highest BCUT2D eigenvalue weighted by Gasteiger charge is 2.13. The predicted octanol–water partition coefficient (Wildman–Crippen LogP) is 2.63. The highest BCUT2D eigenvalue weighted by atomic mass is 16.1. The van der Waals surface area contributed by atoms with Crippen molar-refractivity contribution >= 4 is 5.78 Å². The zero-order chi connectivity index (χ0) is 12.4. The third kappa shape index (κ3) is 2.23. The van der Waals surface area contributed by atoms with E-state index >= 15 is 0 Å². The summed E-state index contributed by atoms with van der Waals surface area (Å²) in [6.07, 6.45) is 1.61. The third-order valence-electron chi connectivity index (χ3n) is 2.86. The molecule has 0 aliphatic carbocycles. The van der Waals surface area contributed by atoms with Crippen molar-refractivity contribution in [3.05, 3.63) is 58.7 Å². The number of carbonyl (C=O) groups excluding carboxylic acids is 1. The second kappa shape index (κ2) is 4.45. The lowest BCUT2D eigenvalue weighted by Crippen LogP contribution is -2.08. The highest BCUT2D eigenvalue weighted by Crippen LogP contribution is 2.16. The fraction of sp³-hybridized carbons (Fsp3) is 0.214. The van der Waals surface area contributed by atoms with Gasteiger partial charge in [0, 0.05) is 11.8 Å². The van der Waals surface area contributed by atoms with Crippen LogP contribution >= 0.6 is 0 Å². The number of benzene rings is 1. The van der Waals surface area contributed by atoms with Crippen LogP contribution in [0.1, 0.15) is 33.0 Å². The first kappa shape index (κ1) is 11.5. The number of carbonyl (C=O) groups is 1. The Balaban J connectivity index is 2.48. The number of hydrogen-bond donors (Lipinski definition) is 0. The van der Waals surface area contributed by atoms with Crippen molar-refractivity contribution in [2.24, 2.45) is 0 Å². The van der Waals surface area contributed by atoms with E-state index in [1.54, 1.807) is 19.2 Å².